The predicted molar refractivity (Wildman–Crippen MR) is 103 cm³/mol. The Morgan fingerprint density at radius 2 is 1.84 bits per heavy atom. The van der Waals surface area contributed by atoms with Crippen molar-refractivity contribution in [2.75, 3.05) is 0 Å². The van der Waals surface area contributed by atoms with Crippen molar-refractivity contribution < 1.29 is 0 Å². The third-order valence-corrected chi connectivity index (χ3v) is 6.80. The van der Waals surface area contributed by atoms with Crippen molar-refractivity contribution in [2.24, 2.45) is 29.4 Å². The molecule has 0 spiro atoms. The highest BCUT2D eigenvalue weighted by atomic mass is 14.6. The van der Waals surface area contributed by atoms with E-state index in [4.69, 9.17) is 5.73 Å². The van der Waals surface area contributed by atoms with E-state index in [9.17, 15) is 5.26 Å². The summed E-state index contributed by atoms with van der Waals surface area (Å²) in [5, 5.41) is 11.7. The van der Waals surface area contributed by atoms with Crippen LogP contribution in [0, 0.1) is 35.0 Å². The SMILES string of the molecule is C[C@@H]1CC(Cc2ccc(C#N)c3ccccc23)C[C@@H]2C[C@@H](N)CCC21. The highest BCUT2D eigenvalue weighted by molar-refractivity contribution is 5.90. The fourth-order valence-electron chi connectivity index (χ4n) is 5.68. The van der Waals surface area contributed by atoms with Crippen molar-refractivity contribution in [1.29, 1.82) is 5.26 Å². The molecule has 2 saturated carbocycles. The maximum Gasteiger partial charge on any atom is 0.0998 e. The van der Waals surface area contributed by atoms with Crippen LogP contribution in [0.4, 0.5) is 0 Å². The Hall–Kier alpha value is -1.85. The maximum atomic E-state index is 9.38. The second-order valence-corrected chi connectivity index (χ2v) is 8.45. The summed E-state index contributed by atoms with van der Waals surface area (Å²) >= 11 is 0. The van der Waals surface area contributed by atoms with Gasteiger partial charge in [-0.05, 0) is 84.6 Å². The number of hydrogen-bond donors (Lipinski definition) is 1. The second kappa shape index (κ2) is 6.81. The highest BCUT2D eigenvalue weighted by Crippen LogP contribution is 2.46. The number of nitrogens with two attached hydrogens (primary N) is 1. The number of hydrogen-bond acceptors (Lipinski definition) is 2. The summed E-state index contributed by atoms with van der Waals surface area (Å²) in [6.07, 6.45) is 7.58. The molecule has 0 radical (unpaired) electrons. The average Bonchev–Trinajstić information content (AvgIpc) is 2.61. The molecule has 0 heterocycles. The van der Waals surface area contributed by atoms with E-state index in [0.29, 0.717) is 6.04 Å². The number of nitrogens with zero attached hydrogens (tertiary/aromatic N) is 1. The van der Waals surface area contributed by atoms with Gasteiger partial charge in [-0.15, -0.1) is 0 Å². The van der Waals surface area contributed by atoms with Gasteiger partial charge in [-0.2, -0.15) is 5.26 Å². The van der Waals surface area contributed by atoms with Crippen LogP contribution in [0.3, 0.4) is 0 Å². The topological polar surface area (TPSA) is 49.8 Å². The van der Waals surface area contributed by atoms with Crippen molar-refractivity contribution in [3.05, 3.63) is 47.5 Å². The third kappa shape index (κ3) is 3.18. The van der Waals surface area contributed by atoms with Crippen LogP contribution in [-0.4, -0.2) is 6.04 Å². The first kappa shape index (κ1) is 16.6. The van der Waals surface area contributed by atoms with E-state index >= 15 is 0 Å². The zero-order valence-electron chi connectivity index (χ0n) is 15.1. The fourth-order valence-corrected chi connectivity index (χ4v) is 5.68. The standard InChI is InChI=1S/C23H28N2/c1-15-10-16(12-19-13-20(25)8-9-21(15)19)11-17-6-7-18(14-24)23-5-3-2-4-22(17)23/h2-7,15-16,19-21H,8-13,25H2,1H3/t15-,16?,19-,20+,21?/m1/s1. The lowest BCUT2D eigenvalue weighted by Crippen LogP contribution is -2.40. The monoisotopic (exact) mass is 332 g/mol. The van der Waals surface area contributed by atoms with Crippen LogP contribution in [0.2, 0.25) is 0 Å². The fraction of sp³-hybridized carbons (Fsp3) is 0.522. The van der Waals surface area contributed by atoms with Crippen LogP contribution in [-0.2, 0) is 6.42 Å². The minimum absolute atomic E-state index is 0.419. The Kier molecular flexibility index (Phi) is 4.52. The number of nitriles is 1. The molecule has 2 fully saturated rings. The van der Waals surface area contributed by atoms with Crippen LogP contribution in [0.5, 0.6) is 0 Å². The molecule has 4 rings (SSSR count). The normalized spacial score (nSPS) is 32.1. The van der Waals surface area contributed by atoms with Crippen molar-refractivity contribution in [3.8, 4) is 6.07 Å². The Bertz CT molecular complexity index is 803. The van der Waals surface area contributed by atoms with E-state index in [-0.39, 0.29) is 0 Å². The van der Waals surface area contributed by atoms with Crippen molar-refractivity contribution in [2.45, 2.75) is 51.5 Å². The molecule has 2 heteroatoms. The van der Waals surface area contributed by atoms with Crippen molar-refractivity contribution in [3.63, 3.8) is 0 Å². The van der Waals surface area contributed by atoms with Gasteiger partial charge in [0.15, 0.2) is 0 Å². The summed E-state index contributed by atoms with van der Waals surface area (Å²) in [5.74, 6) is 3.29. The van der Waals surface area contributed by atoms with Crippen molar-refractivity contribution in [1.82, 2.24) is 0 Å². The lowest BCUT2D eigenvalue weighted by Gasteiger charge is -2.45. The Morgan fingerprint density at radius 1 is 1.04 bits per heavy atom. The van der Waals surface area contributed by atoms with E-state index in [1.807, 2.05) is 12.1 Å². The quantitative estimate of drug-likeness (QED) is 0.837. The molecule has 0 amide bonds. The Labute approximate surface area is 151 Å². The molecule has 2 N–H and O–H groups in total. The molecule has 0 saturated heterocycles. The van der Waals surface area contributed by atoms with Gasteiger partial charge in [-0.3, -0.25) is 0 Å². The van der Waals surface area contributed by atoms with Gasteiger partial charge in [-0.25, -0.2) is 0 Å². The second-order valence-electron chi connectivity index (χ2n) is 8.45. The number of benzene rings is 2. The van der Waals surface area contributed by atoms with Gasteiger partial charge in [-0.1, -0.05) is 37.3 Å². The zero-order chi connectivity index (χ0) is 17.4. The summed E-state index contributed by atoms with van der Waals surface area (Å²) in [6.45, 7) is 2.46. The lowest BCUT2D eigenvalue weighted by atomic mass is 9.61. The summed E-state index contributed by atoms with van der Waals surface area (Å²) in [6, 6.07) is 15.3. The minimum atomic E-state index is 0.419. The Morgan fingerprint density at radius 3 is 2.64 bits per heavy atom. The first-order valence-corrected chi connectivity index (χ1v) is 9.82. The van der Waals surface area contributed by atoms with E-state index < -0.39 is 0 Å². The summed E-state index contributed by atoms with van der Waals surface area (Å²) in [5.41, 5.74) is 8.46. The summed E-state index contributed by atoms with van der Waals surface area (Å²) in [4.78, 5) is 0. The van der Waals surface area contributed by atoms with Gasteiger partial charge in [0.05, 0.1) is 11.6 Å². The molecule has 2 aliphatic carbocycles. The van der Waals surface area contributed by atoms with Crippen LogP contribution >= 0.6 is 0 Å². The largest absolute Gasteiger partial charge is 0.328 e. The van der Waals surface area contributed by atoms with Gasteiger partial charge in [0.1, 0.15) is 0 Å². The Balaban J connectivity index is 1.59. The van der Waals surface area contributed by atoms with Crippen LogP contribution < -0.4 is 5.73 Å². The minimum Gasteiger partial charge on any atom is -0.328 e. The summed E-state index contributed by atoms with van der Waals surface area (Å²) in [7, 11) is 0. The molecule has 2 aromatic carbocycles. The molecule has 2 unspecified atom stereocenters. The lowest BCUT2D eigenvalue weighted by molar-refractivity contribution is 0.0687. The van der Waals surface area contributed by atoms with Gasteiger partial charge < -0.3 is 5.73 Å². The molecule has 2 aliphatic rings. The first-order chi connectivity index (χ1) is 12.2. The molecule has 25 heavy (non-hydrogen) atoms. The molecular weight excluding hydrogens is 304 g/mol. The molecule has 2 aromatic rings. The molecule has 2 nitrogen and oxygen atoms in total. The molecule has 0 aliphatic heterocycles. The van der Waals surface area contributed by atoms with E-state index in [1.165, 1.54) is 43.1 Å². The van der Waals surface area contributed by atoms with Gasteiger partial charge in [0.2, 0.25) is 0 Å². The van der Waals surface area contributed by atoms with Crippen LogP contribution in [0.15, 0.2) is 36.4 Å². The van der Waals surface area contributed by atoms with Gasteiger partial charge in [0, 0.05) is 6.04 Å². The molecule has 0 bridgehead atoms. The van der Waals surface area contributed by atoms with Crippen LogP contribution in [0.1, 0.15) is 50.2 Å². The van der Waals surface area contributed by atoms with Gasteiger partial charge >= 0.3 is 0 Å². The number of rotatable bonds is 2. The molecule has 5 atom stereocenters. The number of fused-ring (bicyclic) bond motifs is 2. The maximum absolute atomic E-state index is 9.38. The van der Waals surface area contributed by atoms with Crippen molar-refractivity contribution >= 4 is 10.8 Å². The average molecular weight is 332 g/mol. The van der Waals surface area contributed by atoms with Crippen LogP contribution in [0.25, 0.3) is 10.8 Å². The molecule has 130 valence electrons. The predicted octanol–water partition coefficient (Wildman–Crippen LogP) is 5.04. The zero-order valence-corrected chi connectivity index (χ0v) is 15.1. The highest BCUT2D eigenvalue weighted by Gasteiger charge is 2.38. The van der Waals surface area contributed by atoms with E-state index in [2.05, 4.69) is 37.3 Å². The third-order valence-electron chi connectivity index (χ3n) is 6.80. The smallest absolute Gasteiger partial charge is 0.0998 e. The van der Waals surface area contributed by atoms with Gasteiger partial charge in [0.25, 0.3) is 0 Å². The van der Waals surface area contributed by atoms with E-state index in [0.717, 1.165) is 41.0 Å². The van der Waals surface area contributed by atoms with E-state index in [1.54, 1.807) is 0 Å². The summed E-state index contributed by atoms with van der Waals surface area (Å²) < 4.78 is 0. The first-order valence-electron chi connectivity index (χ1n) is 9.82. The molecular formula is C23H28N2. The molecule has 0 aromatic heterocycles.